The number of nitrogens with zero attached hydrogens (tertiary/aromatic N) is 1. The largest absolute Gasteiger partial charge is 0.481 e. The molecule has 1 unspecified atom stereocenters. The summed E-state index contributed by atoms with van der Waals surface area (Å²) in [6.07, 6.45) is -0.780. The van der Waals surface area contributed by atoms with E-state index in [0.29, 0.717) is 15.8 Å². The summed E-state index contributed by atoms with van der Waals surface area (Å²) in [5.74, 6) is -0.162. The van der Waals surface area contributed by atoms with Gasteiger partial charge in [-0.1, -0.05) is 40.9 Å². The van der Waals surface area contributed by atoms with Crippen molar-refractivity contribution >= 4 is 40.7 Å². The van der Waals surface area contributed by atoms with E-state index < -0.39 is 6.10 Å². The number of amides is 2. The Balaban J connectivity index is 1.97. The average molecular weight is 423 g/mol. The number of anilines is 1. The number of nitrogens with one attached hydrogen (secondary N) is 1. The highest BCUT2D eigenvalue weighted by atomic mass is 35.5. The van der Waals surface area contributed by atoms with Crippen molar-refractivity contribution in [3.63, 3.8) is 0 Å². The third kappa shape index (κ3) is 5.63. The molecule has 2 aromatic rings. The molecule has 28 heavy (non-hydrogen) atoms. The van der Waals surface area contributed by atoms with E-state index in [2.05, 4.69) is 5.32 Å². The highest BCUT2D eigenvalue weighted by Gasteiger charge is 2.22. The maximum Gasteiger partial charge on any atom is 0.263 e. The summed E-state index contributed by atoms with van der Waals surface area (Å²) in [6, 6.07) is 8.78. The summed E-state index contributed by atoms with van der Waals surface area (Å²) in [6.45, 7) is 7.43. The summed E-state index contributed by atoms with van der Waals surface area (Å²) in [4.78, 5) is 26.3. The van der Waals surface area contributed by atoms with Gasteiger partial charge in [0.1, 0.15) is 5.75 Å². The SMILES string of the molecule is Cc1cc(C)c(NC(=O)CN(C)C(=O)C(C)Oc2ccc(Cl)c(Cl)c2)c(C)c1. The van der Waals surface area contributed by atoms with Crippen molar-refractivity contribution in [1.29, 1.82) is 0 Å². The molecule has 0 aliphatic carbocycles. The second kappa shape index (κ2) is 9.30. The molecule has 5 nitrogen and oxygen atoms in total. The van der Waals surface area contributed by atoms with Crippen LogP contribution in [0.2, 0.25) is 10.0 Å². The average Bonchev–Trinajstić information content (AvgIpc) is 2.60. The molecule has 0 saturated carbocycles. The predicted octanol–water partition coefficient (Wildman–Crippen LogP) is 4.78. The Morgan fingerprint density at radius 2 is 1.68 bits per heavy atom. The summed E-state index contributed by atoms with van der Waals surface area (Å²) in [7, 11) is 1.56. The molecular weight excluding hydrogens is 399 g/mol. The lowest BCUT2D eigenvalue weighted by Gasteiger charge is -2.22. The molecule has 0 fully saturated rings. The van der Waals surface area contributed by atoms with E-state index in [-0.39, 0.29) is 18.4 Å². The van der Waals surface area contributed by atoms with Crippen molar-refractivity contribution in [3.05, 3.63) is 57.1 Å². The number of carbonyl (C=O) groups is 2. The van der Waals surface area contributed by atoms with Crippen molar-refractivity contribution in [2.45, 2.75) is 33.8 Å². The normalized spacial score (nSPS) is 11.7. The van der Waals surface area contributed by atoms with Crippen molar-refractivity contribution in [1.82, 2.24) is 4.90 Å². The molecule has 0 saturated heterocycles. The molecule has 0 spiro atoms. The van der Waals surface area contributed by atoms with Crippen LogP contribution < -0.4 is 10.1 Å². The molecule has 1 atom stereocenters. The van der Waals surface area contributed by atoms with Gasteiger partial charge in [-0.15, -0.1) is 0 Å². The number of carbonyl (C=O) groups excluding carboxylic acids is 2. The van der Waals surface area contributed by atoms with Crippen LogP contribution in [0.4, 0.5) is 5.69 Å². The van der Waals surface area contributed by atoms with Gasteiger partial charge < -0.3 is 15.0 Å². The van der Waals surface area contributed by atoms with E-state index >= 15 is 0 Å². The molecule has 7 heteroatoms. The van der Waals surface area contributed by atoms with Gasteiger partial charge >= 0.3 is 0 Å². The van der Waals surface area contributed by atoms with Crippen LogP contribution in [0, 0.1) is 20.8 Å². The van der Waals surface area contributed by atoms with Gasteiger partial charge in [-0.05, 0) is 51.0 Å². The van der Waals surface area contributed by atoms with E-state index in [1.165, 1.54) is 4.90 Å². The van der Waals surface area contributed by atoms with Gasteiger partial charge in [-0.2, -0.15) is 0 Å². The Morgan fingerprint density at radius 3 is 2.25 bits per heavy atom. The number of hydrogen-bond acceptors (Lipinski definition) is 3. The Hall–Kier alpha value is -2.24. The molecule has 150 valence electrons. The number of likely N-dealkylation sites (N-methyl/N-ethyl adjacent to an activating group) is 1. The van der Waals surface area contributed by atoms with E-state index in [4.69, 9.17) is 27.9 Å². The maximum absolute atomic E-state index is 12.5. The molecule has 2 amide bonds. The summed E-state index contributed by atoms with van der Waals surface area (Å²) in [5, 5.41) is 3.64. The van der Waals surface area contributed by atoms with Crippen LogP contribution in [0.3, 0.4) is 0 Å². The molecule has 0 bridgehead atoms. The highest BCUT2D eigenvalue weighted by molar-refractivity contribution is 6.42. The molecule has 0 radical (unpaired) electrons. The number of rotatable bonds is 6. The van der Waals surface area contributed by atoms with Gasteiger partial charge in [-0.3, -0.25) is 9.59 Å². The number of benzene rings is 2. The second-order valence-corrected chi connectivity index (χ2v) is 7.67. The van der Waals surface area contributed by atoms with E-state index in [9.17, 15) is 9.59 Å². The highest BCUT2D eigenvalue weighted by Crippen LogP contribution is 2.27. The Morgan fingerprint density at radius 1 is 1.07 bits per heavy atom. The van der Waals surface area contributed by atoms with Crippen LogP contribution in [-0.4, -0.2) is 36.4 Å². The lowest BCUT2D eigenvalue weighted by atomic mass is 10.1. The predicted molar refractivity (Wildman–Crippen MR) is 113 cm³/mol. The van der Waals surface area contributed by atoms with Crippen LogP contribution in [0.15, 0.2) is 30.3 Å². The molecule has 0 aromatic heterocycles. The van der Waals surface area contributed by atoms with Gasteiger partial charge in [-0.25, -0.2) is 0 Å². The van der Waals surface area contributed by atoms with Gasteiger partial charge in [0.15, 0.2) is 6.10 Å². The standard InChI is InChI=1S/C21H24Cl2N2O3/c1-12-8-13(2)20(14(3)9-12)24-19(26)11-25(5)21(27)15(4)28-16-6-7-17(22)18(23)10-16/h6-10,15H,11H2,1-5H3,(H,24,26). The number of halogens is 2. The first-order valence-electron chi connectivity index (χ1n) is 8.83. The maximum atomic E-state index is 12.5. The van der Waals surface area contributed by atoms with Crippen molar-refractivity contribution in [2.24, 2.45) is 0 Å². The van der Waals surface area contributed by atoms with E-state index in [1.807, 2.05) is 32.9 Å². The Kier molecular flexibility index (Phi) is 7.33. The fourth-order valence-electron chi connectivity index (χ4n) is 2.96. The fraction of sp³-hybridized carbons (Fsp3) is 0.333. The molecule has 2 aromatic carbocycles. The number of aryl methyl sites for hydroxylation is 3. The fourth-order valence-corrected chi connectivity index (χ4v) is 3.25. The molecule has 2 rings (SSSR count). The van der Waals surface area contributed by atoms with Crippen LogP contribution in [-0.2, 0) is 9.59 Å². The zero-order valence-electron chi connectivity index (χ0n) is 16.6. The minimum atomic E-state index is -0.780. The number of hydrogen-bond donors (Lipinski definition) is 1. The van der Waals surface area contributed by atoms with Crippen LogP contribution in [0.1, 0.15) is 23.6 Å². The first-order chi connectivity index (χ1) is 13.1. The number of ether oxygens (including phenoxy) is 1. The zero-order valence-corrected chi connectivity index (χ0v) is 18.1. The summed E-state index contributed by atoms with van der Waals surface area (Å²) in [5.41, 5.74) is 3.87. The minimum Gasteiger partial charge on any atom is -0.481 e. The van der Waals surface area contributed by atoms with Gasteiger partial charge in [0.25, 0.3) is 5.91 Å². The van der Waals surface area contributed by atoms with Gasteiger partial charge in [0, 0.05) is 18.8 Å². The van der Waals surface area contributed by atoms with Crippen molar-refractivity contribution in [3.8, 4) is 5.75 Å². The summed E-state index contributed by atoms with van der Waals surface area (Å²) < 4.78 is 5.62. The molecule has 0 heterocycles. The minimum absolute atomic E-state index is 0.0827. The third-order valence-electron chi connectivity index (χ3n) is 4.25. The van der Waals surface area contributed by atoms with Crippen molar-refractivity contribution in [2.75, 3.05) is 18.9 Å². The van der Waals surface area contributed by atoms with Crippen LogP contribution in [0.5, 0.6) is 5.75 Å². The van der Waals surface area contributed by atoms with Crippen LogP contribution >= 0.6 is 23.2 Å². The first-order valence-corrected chi connectivity index (χ1v) is 9.58. The van der Waals surface area contributed by atoms with Gasteiger partial charge in [0.2, 0.25) is 5.91 Å². The molecule has 1 N–H and O–H groups in total. The molecular formula is C21H24Cl2N2O3. The smallest absolute Gasteiger partial charge is 0.263 e. The third-order valence-corrected chi connectivity index (χ3v) is 4.99. The van der Waals surface area contributed by atoms with E-state index in [1.54, 1.807) is 32.2 Å². The lowest BCUT2D eigenvalue weighted by molar-refractivity contribution is -0.139. The van der Waals surface area contributed by atoms with E-state index in [0.717, 1.165) is 22.4 Å². The first kappa shape index (κ1) is 22.1. The Labute approximate surface area is 175 Å². The Bertz CT molecular complexity index is 876. The summed E-state index contributed by atoms with van der Waals surface area (Å²) >= 11 is 11.8. The monoisotopic (exact) mass is 422 g/mol. The van der Waals surface area contributed by atoms with Crippen LogP contribution in [0.25, 0.3) is 0 Å². The molecule has 0 aliphatic heterocycles. The van der Waals surface area contributed by atoms with Gasteiger partial charge in [0.05, 0.1) is 16.6 Å². The topological polar surface area (TPSA) is 58.6 Å². The lowest BCUT2D eigenvalue weighted by Crippen LogP contribution is -2.42. The zero-order chi connectivity index (χ0) is 21.0. The second-order valence-electron chi connectivity index (χ2n) is 6.85. The quantitative estimate of drug-likeness (QED) is 0.728. The molecule has 0 aliphatic rings. The van der Waals surface area contributed by atoms with Crippen molar-refractivity contribution < 1.29 is 14.3 Å².